The Morgan fingerprint density at radius 3 is 2.67 bits per heavy atom. The van der Waals surface area contributed by atoms with Crippen LogP contribution in [-0.2, 0) is 4.79 Å². The molecule has 7 nitrogen and oxygen atoms in total. The highest BCUT2D eigenvalue weighted by Crippen LogP contribution is 2.29. The minimum atomic E-state index is -0.139. The third kappa shape index (κ3) is 4.19. The average molecular weight is 350 g/mol. The lowest BCUT2D eigenvalue weighted by Gasteiger charge is -2.13. The van der Waals surface area contributed by atoms with Gasteiger partial charge in [-0.05, 0) is 32.9 Å². The number of aromatic nitrogens is 3. The van der Waals surface area contributed by atoms with Crippen LogP contribution in [0.3, 0.4) is 0 Å². The summed E-state index contributed by atoms with van der Waals surface area (Å²) in [4.78, 5) is 12.2. The number of methoxy groups -OCH3 is 2. The van der Waals surface area contributed by atoms with E-state index in [0.717, 1.165) is 11.0 Å². The van der Waals surface area contributed by atoms with Crippen LogP contribution in [0.2, 0.25) is 0 Å². The van der Waals surface area contributed by atoms with Gasteiger partial charge in [-0.15, -0.1) is 10.2 Å². The number of aryl methyl sites for hydroxylation is 1. The second-order valence-corrected chi connectivity index (χ2v) is 6.34. The van der Waals surface area contributed by atoms with Crippen LogP contribution < -0.4 is 14.8 Å². The maximum Gasteiger partial charge on any atom is 0.234 e. The van der Waals surface area contributed by atoms with Crippen molar-refractivity contribution in [1.29, 1.82) is 0 Å². The van der Waals surface area contributed by atoms with Gasteiger partial charge in [-0.1, -0.05) is 11.8 Å². The quantitative estimate of drug-likeness (QED) is 0.774. The topological polar surface area (TPSA) is 78.3 Å². The Bertz CT molecular complexity index is 715. The van der Waals surface area contributed by atoms with Crippen molar-refractivity contribution < 1.29 is 14.3 Å². The number of nitrogens with one attached hydrogen (secondary N) is 1. The van der Waals surface area contributed by atoms with Crippen molar-refractivity contribution in [3.8, 4) is 11.5 Å². The zero-order valence-electron chi connectivity index (χ0n) is 14.5. The molecule has 1 aromatic heterocycles. The summed E-state index contributed by atoms with van der Waals surface area (Å²) in [7, 11) is 3.13. The van der Waals surface area contributed by atoms with Crippen molar-refractivity contribution in [3.63, 3.8) is 0 Å². The van der Waals surface area contributed by atoms with E-state index in [-0.39, 0.29) is 17.7 Å². The first-order chi connectivity index (χ1) is 11.5. The van der Waals surface area contributed by atoms with Gasteiger partial charge in [-0.2, -0.15) is 0 Å². The fraction of sp³-hybridized carbons (Fsp3) is 0.438. The van der Waals surface area contributed by atoms with Gasteiger partial charge >= 0.3 is 0 Å². The van der Waals surface area contributed by atoms with Crippen LogP contribution in [0.5, 0.6) is 11.5 Å². The van der Waals surface area contributed by atoms with Crippen LogP contribution in [0.15, 0.2) is 23.4 Å². The number of hydrogen-bond acceptors (Lipinski definition) is 6. The summed E-state index contributed by atoms with van der Waals surface area (Å²) in [5.41, 5.74) is 0.602. The number of anilines is 1. The molecule has 1 heterocycles. The van der Waals surface area contributed by atoms with E-state index < -0.39 is 0 Å². The predicted octanol–water partition coefficient (Wildman–Crippen LogP) is 2.92. The summed E-state index contributed by atoms with van der Waals surface area (Å²) in [6.07, 6.45) is 0. The van der Waals surface area contributed by atoms with Crippen LogP contribution in [0.25, 0.3) is 0 Å². The first kappa shape index (κ1) is 18.1. The molecule has 130 valence electrons. The number of amides is 1. The molecule has 8 heteroatoms. The number of hydrogen-bond donors (Lipinski definition) is 1. The lowest BCUT2D eigenvalue weighted by molar-refractivity contribution is -0.113. The Morgan fingerprint density at radius 2 is 2.04 bits per heavy atom. The number of carbonyl (C=O) groups is 1. The smallest absolute Gasteiger partial charge is 0.234 e. The molecule has 0 aliphatic heterocycles. The van der Waals surface area contributed by atoms with Crippen molar-refractivity contribution in [1.82, 2.24) is 14.8 Å². The molecule has 1 aromatic carbocycles. The molecular formula is C16H22N4O3S. The fourth-order valence-electron chi connectivity index (χ4n) is 2.26. The zero-order valence-corrected chi connectivity index (χ0v) is 15.3. The van der Waals surface area contributed by atoms with Gasteiger partial charge in [0.2, 0.25) is 5.91 Å². The van der Waals surface area contributed by atoms with Crippen molar-refractivity contribution in [2.75, 3.05) is 25.3 Å². The molecule has 0 aliphatic carbocycles. The number of nitrogens with zero attached hydrogens (tertiary/aromatic N) is 3. The third-order valence-electron chi connectivity index (χ3n) is 3.37. The number of ether oxygens (including phenoxy) is 2. The highest BCUT2D eigenvalue weighted by Gasteiger charge is 2.15. The number of benzene rings is 1. The molecule has 24 heavy (non-hydrogen) atoms. The molecule has 0 aliphatic rings. The van der Waals surface area contributed by atoms with Crippen LogP contribution in [-0.4, -0.2) is 40.6 Å². The molecule has 0 bridgehead atoms. The second-order valence-electron chi connectivity index (χ2n) is 5.40. The SMILES string of the molecule is COc1ccc(NC(=O)CSc2nnc(C)n2C(C)C)c(OC)c1. The predicted molar refractivity (Wildman–Crippen MR) is 94.0 cm³/mol. The molecule has 0 saturated carbocycles. The first-order valence-electron chi connectivity index (χ1n) is 7.52. The van der Waals surface area contributed by atoms with Crippen LogP contribution in [0, 0.1) is 6.92 Å². The largest absolute Gasteiger partial charge is 0.497 e. The highest BCUT2D eigenvalue weighted by molar-refractivity contribution is 7.99. The summed E-state index contributed by atoms with van der Waals surface area (Å²) in [5, 5.41) is 11.8. The van der Waals surface area contributed by atoms with Crippen molar-refractivity contribution in [2.45, 2.75) is 32.0 Å². The summed E-state index contributed by atoms with van der Waals surface area (Å²) in [5.74, 6) is 2.15. The normalized spacial score (nSPS) is 10.8. The Morgan fingerprint density at radius 1 is 1.29 bits per heavy atom. The number of thioether (sulfide) groups is 1. The van der Waals surface area contributed by atoms with Gasteiger partial charge in [-0.25, -0.2) is 0 Å². The first-order valence-corrected chi connectivity index (χ1v) is 8.51. The fourth-order valence-corrected chi connectivity index (χ4v) is 3.17. The molecular weight excluding hydrogens is 328 g/mol. The minimum absolute atomic E-state index is 0.139. The van der Waals surface area contributed by atoms with Gasteiger partial charge in [0.1, 0.15) is 17.3 Å². The maximum atomic E-state index is 12.2. The van der Waals surface area contributed by atoms with Crippen molar-refractivity contribution in [2.24, 2.45) is 0 Å². The zero-order chi connectivity index (χ0) is 17.7. The van der Waals surface area contributed by atoms with Gasteiger partial charge in [0.15, 0.2) is 5.16 Å². The van der Waals surface area contributed by atoms with E-state index in [2.05, 4.69) is 29.4 Å². The summed E-state index contributed by atoms with van der Waals surface area (Å²) < 4.78 is 12.4. The van der Waals surface area contributed by atoms with E-state index in [1.165, 1.54) is 11.8 Å². The lowest BCUT2D eigenvalue weighted by Crippen LogP contribution is -2.15. The molecule has 0 saturated heterocycles. The van der Waals surface area contributed by atoms with E-state index in [1.54, 1.807) is 32.4 Å². The van der Waals surface area contributed by atoms with Crippen LogP contribution >= 0.6 is 11.8 Å². The van der Waals surface area contributed by atoms with E-state index >= 15 is 0 Å². The minimum Gasteiger partial charge on any atom is -0.497 e. The summed E-state index contributed by atoms with van der Waals surface area (Å²) >= 11 is 1.36. The lowest BCUT2D eigenvalue weighted by atomic mass is 10.2. The van der Waals surface area contributed by atoms with Gasteiger partial charge in [0, 0.05) is 12.1 Å². The molecule has 1 N–H and O–H groups in total. The Hall–Kier alpha value is -2.22. The molecule has 1 amide bonds. The standard InChI is InChI=1S/C16H22N4O3S/c1-10(2)20-11(3)18-19-16(20)24-9-15(21)17-13-7-6-12(22-4)8-14(13)23-5/h6-8,10H,9H2,1-5H3,(H,17,21). The van der Waals surface area contributed by atoms with Gasteiger partial charge in [0.25, 0.3) is 0 Å². The van der Waals surface area contributed by atoms with E-state index in [0.29, 0.717) is 17.2 Å². The monoisotopic (exact) mass is 350 g/mol. The highest BCUT2D eigenvalue weighted by atomic mass is 32.2. The molecule has 0 fully saturated rings. The van der Waals surface area contributed by atoms with Crippen molar-refractivity contribution >= 4 is 23.4 Å². The van der Waals surface area contributed by atoms with Crippen molar-refractivity contribution in [3.05, 3.63) is 24.0 Å². The number of rotatable bonds is 7. The van der Waals surface area contributed by atoms with Gasteiger partial charge in [0.05, 0.1) is 25.7 Å². The van der Waals surface area contributed by atoms with Gasteiger partial charge < -0.3 is 19.4 Å². The maximum absolute atomic E-state index is 12.2. The molecule has 2 rings (SSSR count). The third-order valence-corrected chi connectivity index (χ3v) is 4.31. The Labute approximate surface area is 145 Å². The van der Waals surface area contributed by atoms with Gasteiger partial charge in [-0.3, -0.25) is 4.79 Å². The molecule has 0 atom stereocenters. The number of carbonyl (C=O) groups excluding carboxylic acids is 1. The van der Waals surface area contributed by atoms with Crippen LogP contribution in [0.4, 0.5) is 5.69 Å². The molecule has 2 aromatic rings. The van der Waals surface area contributed by atoms with E-state index in [9.17, 15) is 4.79 Å². The molecule has 0 spiro atoms. The summed E-state index contributed by atoms with van der Waals surface area (Å²) in [6.45, 7) is 6.02. The Kier molecular flexibility index (Phi) is 6.08. The second kappa shape index (κ2) is 8.05. The Balaban J connectivity index is 2.02. The van der Waals surface area contributed by atoms with Crippen LogP contribution in [0.1, 0.15) is 25.7 Å². The average Bonchev–Trinajstić information content (AvgIpc) is 2.94. The summed E-state index contributed by atoms with van der Waals surface area (Å²) in [6, 6.07) is 5.49. The molecule has 0 radical (unpaired) electrons. The van der Waals surface area contributed by atoms with E-state index in [4.69, 9.17) is 9.47 Å². The molecule has 0 unspecified atom stereocenters. The van der Waals surface area contributed by atoms with E-state index in [1.807, 2.05) is 11.5 Å².